The summed E-state index contributed by atoms with van der Waals surface area (Å²) in [6, 6.07) is 15.7. The van der Waals surface area contributed by atoms with Gasteiger partial charge in [-0.3, -0.25) is 9.69 Å². The Balaban J connectivity index is 1.21. The molecule has 0 spiro atoms. The fourth-order valence-electron chi connectivity index (χ4n) is 4.28. The van der Waals surface area contributed by atoms with Gasteiger partial charge in [-0.2, -0.15) is 0 Å². The zero-order valence-electron chi connectivity index (χ0n) is 17.4. The standard InChI is InChI=1S/C24H28N4OS/c1-27-13-11-21-22(16-27)30-24(25-21)26-23(29)12-14-28(19-9-10-19)15-18-7-4-6-17-5-2-3-8-20(17)18/h2-8,19H,9-16H2,1H3,(H,25,26,29). The van der Waals surface area contributed by atoms with Crippen molar-refractivity contribution in [1.29, 1.82) is 0 Å². The van der Waals surface area contributed by atoms with Gasteiger partial charge in [0.05, 0.1) is 5.69 Å². The molecule has 1 saturated carbocycles. The summed E-state index contributed by atoms with van der Waals surface area (Å²) >= 11 is 1.63. The number of benzene rings is 2. The molecule has 2 aromatic carbocycles. The molecule has 6 heteroatoms. The first-order chi connectivity index (χ1) is 14.7. The van der Waals surface area contributed by atoms with E-state index in [4.69, 9.17) is 0 Å². The minimum Gasteiger partial charge on any atom is -0.302 e. The number of nitrogens with zero attached hydrogens (tertiary/aromatic N) is 3. The van der Waals surface area contributed by atoms with Gasteiger partial charge in [0.1, 0.15) is 0 Å². The van der Waals surface area contributed by atoms with Gasteiger partial charge in [0.2, 0.25) is 5.91 Å². The van der Waals surface area contributed by atoms with Crippen LogP contribution in [0.5, 0.6) is 0 Å². The summed E-state index contributed by atoms with van der Waals surface area (Å²) in [7, 11) is 2.13. The van der Waals surface area contributed by atoms with E-state index in [0.717, 1.165) is 43.4 Å². The van der Waals surface area contributed by atoms with E-state index in [1.165, 1.54) is 34.1 Å². The van der Waals surface area contributed by atoms with Crippen molar-refractivity contribution in [2.75, 3.05) is 25.5 Å². The van der Waals surface area contributed by atoms with E-state index in [9.17, 15) is 4.79 Å². The van der Waals surface area contributed by atoms with Crippen LogP contribution in [0.1, 0.15) is 35.4 Å². The van der Waals surface area contributed by atoms with Crippen LogP contribution in [0.2, 0.25) is 0 Å². The van der Waals surface area contributed by atoms with Crippen LogP contribution in [0.3, 0.4) is 0 Å². The number of carbonyl (C=O) groups is 1. The van der Waals surface area contributed by atoms with Gasteiger partial charge in [-0.1, -0.05) is 42.5 Å². The molecule has 1 aliphatic heterocycles. The van der Waals surface area contributed by atoms with Crippen molar-refractivity contribution in [3.8, 4) is 0 Å². The van der Waals surface area contributed by atoms with Crippen LogP contribution in [0, 0.1) is 0 Å². The number of nitrogens with one attached hydrogen (secondary N) is 1. The summed E-state index contributed by atoms with van der Waals surface area (Å²) in [5, 5.41) is 6.40. The Kier molecular flexibility index (Phi) is 5.54. The molecule has 1 aromatic heterocycles. The number of thiazole rings is 1. The lowest BCUT2D eigenvalue weighted by atomic mass is 10.0. The lowest BCUT2D eigenvalue weighted by molar-refractivity contribution is -0.116. The van der Waals surface area contributed by atoms with Crippen molar-refractivity contribution in [1.82, 2.24) is 14.8 Å². The first-order valence-corrected chi connectivity index (χ1v) is 11.6. The molecule has 0 bridgehead atoms. The molecule has 0 atom stereocenters. The van der Waals surface area contributed by atoms with Gasteiger partial charge >= 0.3 is 0 Å². The van der Waals surface area contributed by atoms with Crippen LogP contribution >= 0.6 is 11.3 Å². The van der Waals surface area contributed by atoms with Crippen LogP contribution in [-0.2, 0) is 24.3 Å². The molecular formula is C24H28N4OS. The van der Waals surface area contributed by atoms with Crippen LogP contribution in [0.15, 0.2) is 42.5 Å². The molecule has 2 heterocycles. The van der Waals surface area contributed by atoms with E-state index in [0.29, 0.717) is 12.5 Å². The summed E-state index contributed by atoms with van der Waals surface area (Å²) in [5.41, 5.74) is 2.50. The average Bonchev–Trinajstić information content (AvgIpc) is 3.51. The second kappa shape index (κ2) is 8.46. The fraction of sp³-hybridized carbons (Fsp3) is 0.417. The Morgan fingerprint density at radius 3 is 2.93 bits per heavy atom. The molecule has 0 radical (unpaired) electrons. The number of rotatable bonds is 7. The normalized spacial score (nSPS) is 16.7. The molecule has 2 aliphatic rings. The van der Waals surface area contributed by atoms with Gasteiger partial charge in [0.25, 0.3) is 0 Å². The predicted molar refractivity (Wildman–Crippen MR) is 123 cm³/mol. The zero-order chi connectivity index (χ0) is 20.5. The van der Waals surface area contributed by atoms with Gasteiger partial charge in [-0.25, -0.2) is 4.98 Å². The van der Waals surface area contributed by atoms with E-state index < -0.39 is 0 Å². The molecule has 5 rings (SSSR count). The zero-order valence-corrected chi connectivity index (χ0v) is 18.3. The molecule has 156 valence electrons. The minimum absolute atomic E-state index is 0.0676. The molecule has 1 N–H and O–H groups in total. The van der Waals surface area contributed by atoms with Gasteiger partial charge in [0, 0.05) is 49.9 Å². The van der Waals surface area contributed by atoms with Crippen LogP contribution in [-0.4, -0.2) is 46.9 Å². The molecule has 3 aromatic rings. The lowest BCUT2D eigenvalue weighted by Gasteiger charge is -2.22. The van der Waals surface area contributed by atoms with Crippen LogP contribution < -0.4 is 5.32 Å². The number of amides is 1. The van der Waals surface area contributed by atoms with E-state index in [2.05, 4.69) is 69.6 Å². The predicted octanol–water partition coefficient (Wildman–Crippen LogP) is 4.28. The second-order valence-electron chi connectivity index (χ2n) is 8.51. The van der Waals surface area contributed by atoms with Crippen molar-refractivity contribution in [2.24, 2.45) is 0 Å². The molecule has 1 amide bonds. The third-order valence-corrected chi connectivity index (χ3v) is 7.11. The van der Waals surface area contributed by atoms with E-state index in [1.807, 2.05) is 0 Å². The summed E-state index contributed by atoms with van der Waals surface area (Å²) in [6.45, 7) is 3.66. The minimum atomic E-state index is 0.0676. The maximum Gasteiger partial charge on any atom is 0.227 e. The monoisotopic (exact) mass is 420 g/mol. The number of hydrogen-bond acceptors (Lipinski definition) is 5. The number of fused-ring (bicyclic) bond motifs is 2. The fourth-order valence-corrected chi connectivity index (χ4v) is 5.39. The number of anilines is 1. The quantitative estimate of drug-likeness (QED) is 0.620. The van der Waals surface area contributed by atoms with E-state index in [1.54, 1.807) is 11.3 Å². The maximum atomic E-state index is 12.6. The Morgan fingerprint density at radius 1 is 1.23 bits per heavy atom. The van der Waals surface area contributed by atoms with Gasteiger partial charge in [-0.15, -0.1) is 11.3 Å². The first-order valence-electron chi connectivity index (χ1n) is 10.8. The first kappa shape index (κ1) is 19.7. The molecule has 0 unspecified atom stereocenters. The Morgan fingerprint density at radius 2 is 2.07 bits per heavy atom. The summed E-state index contributed by atoms with van der Waals surface area (Å²) in [4.78, 5) is 23.3. The largest absolute Gasteiger partial charge is 0.302 e. The molecule has 30 heavy (non-hydrogen) atoms. The number of likely N-dealkylation sites (N-methyl/N-ethyl adjacent to an activating group) is 1. The molecule has 1 fully saturated rings. The topological polar surface area (TPSA) is 48.5 Å². The highest BCUT2D eigenvalue weighted by Gasteiger charge is 2.29. The Labute approximate surface area is 181 Å². The van der Waals surface area contributed by atoms with Crippen molar-refractivity contribution in [3.63, 3.8) is 0 Å². The smallest absolute Gasteiger partial charge is 0.227 e. The second-order valence-corrected chi connectivity index (χ2v) is 9.60. The van der Waals surface area contributed by atoms with E-state index >= 15 is 0 Å². The highest BCUT2D eigenvalue weighted by atomic mass is 32.1. The third-order valence-electron chi connectivity index (χ3n) is 6.11. The van der Waals surface area contributed by atoms with Crippen molar-refractivity contribution < 1.29 is 4.79 Å². The van der Waals surface area contributed by atoms with Crippen molar-refractivity contribution >= 4 is 33.1 Å². The average molecular weight is 421 g/mol. The number of hydrogen-bond donors (Lipinski definition) is 1. The molecule has 0 saturated heterocycles. The highest BCUT2D eigenvalue weighted by Crippen LogP contribution is 2.31. The summed E-state index contributed by atoms with van der Waals surface area (Å²) < 4.78 is 0. The van der Waals surface area contributed by atoms with Gasteiger partial charge in [0.15, 0.2) is 5.13 Å². The Hall–Kier alpha value is -2.28. The van der Waals surface area contributed by atoms with Crippen LogP contribution in [0.4, 0.5) is 5.13 Å². The molecule has 1 aliphatic carbocycles. The molecule has 5 nitrogen and oxygen atoms in total. The van der Waals surface area contributed by atoms with Crippen molar-refractivity contribution in [3.05, 3.63) is 58.6 Å². The Bertz CT molecular complexity index is 1050. The van der Waals surface area contributed by atoms with Gasteiger partial charge < -0.3 is 10.2 Å². The SMILES string of the molecule is CN1CCc2nc(NC(=O)CCN(Cc3cccc4ccccc34)C3CC3)sc2C1. The number of aromatic nitrogens is 1. The maximum absolute atomic E-state index is 12.6. The number of carbonyl (C=O) groups excluding carboxylic acids is 1. The lowest BCUT2D eigenvalue weighted by Crippen LogP contribution is -2.29. The summed E-state index contributed by atoms with van der Waals surface area (Å²) in [6.07, 6.45) is 3.95. The van der Waals surface area contributed by atoms with Crippen LogP contribution in [0.25, 0.3) is 10.8 Å². The highest BCUT2D eigenvalue weighted by molar-refractivity contribution is 7.15. The van der Waals surface area contributed by atoms with E-state index in [-0.39, 0.29) is 5.91 Å². The summed E-state index contributed by atoms with van der Waals surface area (Å²) in [5.74, 6) is 0.0676. The van der Waals surface area contributed by atoms with Gasteiger partial charge in [-0.05, 0) is 36.2 Å². The van der Waals surface area contributed by atoms with Crippen molar-refractivity contribution in [2.45, 2.75) is 44.8 Å². The molecular weight excluding hydrogens is 392 g/mol. The third kappa shape index (κ3) is 4.41.